The minimum Gasteiger partial charge on any atom is -0.354 e. The van der Waals surface area contributed by atoms with Gasteiger partial charge in [0.2, 0.25) is 21.8 Å². The topological polar surface area (TPSA) is 104 Å². The number of hydrogen-bond donors (Lipinski definition) is 3. The molecule has 9 heteroatoms. The molecule has 1 heterocycles. The lowest BCUT2D eigenvalue weighted by Gasteiger charge is -2.22. The number of rotatable bonds is 6. The third-order valence-electron chi connectivity index (χ3n) is 3.39. The highest BCUT2D eigenvalue weighted by molar-refractivity contribution is 9.10. The van der Waals surface area contributed by atoms with E-state index in [-0.39, 0.29) is 29.7 Å². The molecule has 1 fully saturated rings. The van der Waals surface area contributed by atoms with Gasteiger partial charge < -0.3 is 10.6 Å². The molecule has 0 aromatic heterocycles. The summed E-state index contributed by atoms with van der Waals surface area (Å²) in [4.78, 5) is 23.5. The van der Waals surface area contributed by atoms with Crippen LogP contribution in [0, 0.1) is 0 Å². The Morgan fingerprint density at radius 1 is 1.30 bits per heavy atom. The van der Waals surface area contributed by atoms with Crippen molar-refractivity contribution in [2.45, 2.75) is 30.2 Å². The first-order valence-electron chi connectivity index (χ1n) is 7.21. The minimum absolute atomic E-state index is 0.0282. The van der Waals surface area contributed by atoms with Crippen LogP contribution in [0.1, 0.15) is 19.3 Å². The second-order valence-corrected chi connectivity index (χ2v) is 7.84. The maximum atomic E-state index is 12.0. The van der Waals surface area contributed by atoms with Gasteiger partial charge in [0, 0.05) is 24.0 Å². The number of sulfonamides is 1. The standard InChI is InChI=1S/C14H18BrN3O4S/c15-10-3-5-11(6-4-10)23(21,22)17-9-7-13(19)18-12-2-1-8-16-14(12)20/h3-6,12,17H,1-2,7-9H2,(H,16,20)(H,18,19). The Kier molecular flexibility index (Phi) is 6.14. The first-order valence-corrected chi connectivity index (χ1v) is 9.48. The average molecular weight is 404 g/mol. The minimum atomic E-state index is -3.65. The molecular weight excluding hydrogens is 386 g/mol. The molecular formula is C14H18BrN3O4S. The van der Waals surface area contributed by atoms with Crippen molar-refractivity contribution in [3.63, 3.8) is 0 Å². The van der Waals surface area contributed by atoms with E-state index < -0.39 is 16.1 Å². The molecule has 23 heavy (non-hydrogen) atoms. The normalized spacial score (nSPS) is 18.3. The summed E-state index contributed by atoms with van der Waals surface area (Å²) in [7, 11) is -3.65. The van der Waals surface area contributed by atoms with Crippen molar-refractivity contribution >= 4 is 37.8 Å². The molecule has 2 rings (SSSR count). The molecule has 1 aromatic carbocycles. The lowest BCUT2D eigenvalue weighted by Crippen LogP contribution is -2.50. The van der Waals surface area contributed by atoms with Crippen LogP contribution in [0.5, 0.6) is 0 Å². The largest absolute Gasteiger partial charge is 0.354 e. The van der Waals surface area contributed by atoms with Gasteiger partial charge in [0.15, 0.2) is 0 Å². The van der Waals surface area contributed by atoms with Crippen molar-refractivity contribution in [1.29, 1.82) is 0 Å². The lowest BCUT2D eigenvalue weighted by molar-refractivity contribution is -0.130. The fourth-order valence-electron chi connectivity index (χ4n) is 2.17. The van der Waals surface area contributed by atoms with Gasteiger partial charge >= 0.3 is 0 Å². The molecule has 1 aromatic rings. The van der Waals surface area contributed by atoms with Crippen LogP contribution in [0.3, 0.4) is 0 Å². The van der Waals surface area contributed by atoms with Crippen LogP contribution in [0.2, 0.25) is 0 Å². The van der Waals surface area contributed by atoms with Crippen molar-refractivity contribution in [3.05, 3.63) is 28.7 Å². The Labute approximate surface area is 143 Å². The molecule has 0 radical (unpaired) electrons. The van der Waals surface area contributed by atoms with Crippen molar-refractivity contribution < 1.29 is 18.0 Å². The highest BCUT2D eigenvalue weighted by Crippen LogP contribution is 2.14. The van der Waals surface area contributed by atoms with Gasteiger partial charge in [-0.1, -0.05) is 15.9 Å². The summed E-state index contributed by atoms with van der Waals surface area (Å²) in [5.74, 6) is -0.550. The molecule has 0 saturated carbocycles. The number of piperidine rings is 1. The molecule has 0 bridgehead atoms. The van der Waals surface area contributed by atoms with E-state index in [1.54, 1.807) is 12.1 Å². The fraction of sp³-hybridized carbons (Fsp3) is 0.429. The second kappa shape index (κ2) is 7.89. The van der Waals surface area contributed by atoms with E-state index in [0.717, 1.165) is 10.9 Å². The Morgan fingerprint density at radius 2 is 2.00 bits per heavy atom. The quantitative estimate of drug-likeness (QED) is 0.643. The summed E-state index contributed by atoms with van der Waals surface area (Å²) in [6.45, 7) is 0.594. The fourth-order valence-corrected chi connectivity index (χ4v) is 3.47. The smallest absolute Gasteiger partial charge is 0.242 e. The van der Waals surface area contributed by atoms with E-state index >= 15 is 0 Å². The summed E-state index contributed by atoms with van der Waals surface area (Å²) in [6, 6.07) is 5.67. The number of halogens is 1. The molecule has 0 spiro atoms. The summed E-state index contributed by atoms with van der Waals surface area (Å²) < 4.78 is 27.2. The number of nitrogens with one attached hydrogen (secondary N) is 3. The summed E-state index contributed by atoms with van der Waals surface area (Å²) in [5, 5.41) is 5.28. The van der Waals surface area contributed by atoms with Gasteiger partial charge in [0.05, 0.1) is 4.90 Å². The maximum absolute atomic E-state index is 12.0. The maximum Gasteiger partial charge on any atom is 0.242 e. The van der Waals surface area contributed by atoms with Crippen LogP contribution in [0.25, 0.3) is 0 Å². The van der Waals surface area contributed by atoms with Gasteiger partial charge in [-0.25, -0.2) is 13.1 Å². The van der Waals surface area contributed by atoms with Gasteiger partial charge in [0.1, 0.15) is 6.04 Å². The molecule has 1 atom stereocenters. The molecule has 1 aliphatic rings. The van der Waals surface area contributed by atoms with Crippen molar-refractivity contribution in [1.82, 2.24) is 15.4 Å². The Hall–Kier alpha value is -1.45. The van der Waals surface area contributed by atoms with Crippen LogP contribution < -0.4 is 15.4 Å². The van der Waals surface area contributed by atoms with Crippen LogP contribution in [-0.2, 0) is 19.6 Å². The highest BCUT2D eigenvalue weighted by atomic mass is 79.9. The number of benzene rings is 1. The SMILES string of the molecule is O=C(CCNS(=O)(=O)c1ccc(Br)cc1)NC1CCCNC1=O. The van der Waals surface area contributed by atoms with E-state index in [1.807, 2.05) is 0 Å². The van der Waals surface area contributed by atoms with E-state index in [2.05, 4.69) is 31.3 Å². The number of hydrogen-bond acceptors (Lipinski definition) is 4. The summed E-state index contributed by atoms with van der Waals surface area (Å²) in [5.41, 5.74) is 0. The Balaban J connectivity index is 1.80. The lowest BCUT2D eigenvalue weighted by atomic mass is 10.1. The first kappa shape index (κ1) is 17.9. The van der Waals surface area contributed by atoms with Gasteiger partial charge in [-0.3, -0.25) is 9.59 Å². The number of amides is 2. The molecule has 1 aliphatic heterocycles. The summed E-state index contributed by atoms with van der Waals surface area (Å²) >= 11 is 3.24. The summed E-state index contributed by atoms with van der Waals surface area (Å²) in [6.07, 6.45) is 1.38. The number of carbonyl (C=O) groups excluding carboxylic acids is 2. The monoisotopic (exact) mass is 403 g/mol. The third kappa shape index (κ3) is 5.29. The molecule has 0 aliphatic carbocycles. The van der Waals surface area contributed by atoms with Crippen molar-refractivity contribution in [3.8, 4) is 0 Å². The van der Waals surface area contributed by atoms with Crippen LogP contribution in [-0.4, -0.2) is 39.4 Å². The molecule has 1 unspecified atom stereocenters. The molecule has 3 N–H and O–H groups in total. The number of carbonyl (C=O) groups is 2. The van der Waals surface area contributed by atoms with E-state index in [0.29, 0.717) is 13.0 Å². The van der Waals surface area contributed by atoms with E-state index in [4.69, 9.17) is 0 Å². The van der Waals surface area contributed by atoms with Gasteiger partial charge in [-0.05, 0) is 37.1 Å². The van der Waals surface area contributed by atoms with Crippen LogP contribution >= 0.6 is 15.9 Å². The van der Waals surface area contributed by atoms with Crippen LogP contribution in [0.4, 0.5) is 0 Å². The van der Waals surface area contributed by atoms with Gasteiger partial charge in [-0.15, -0.1) is 0 Å². The molecule has 7 nitrogen and oxygen atoms in total. The van der Waals surface area contributed by atoms with E-state index in [1.165, 1.54) is 12.1 Å². The zero-order chi connectivity index (χ0) is 16.9. The molecule has 2 amide bonds. The molecule has 126 valence electrons. The van der Waals surface area contributed by atoms with Crippen molar-refractivity contribution in [2.24, 2.45) is 0 Å². The first-order chi connectivity index (χ1) is 10.9. The van der Waals surface area contributed by atoms with Gasteiger partial charge in [-0.2, -0.15) is 0 Å². The van der Waals surface area contributed by atoms with Gasteiger partial charge in [0.25, 0.3) is 0 Å². The third-order valence-corrected chi connectivity index (χ3v) is 5.39. The van der Waals surface area contributed by atoms with Crippen molar-refractivity contribution in [2.75, 3.05) is 13.1 Å². The second-order valence-electron chi connectivity index (χ2n) is 5.16. The predicted octanol–water partition coefficient (Wildman–Crippen LogP) is 0.512. The zero-order valence-electron chi connectivity index (χ0n) is 12.3. The Bertz CT molecular complexity index is 676. The van der Waals surface area contributed by atoms with E-state index in [9.17, 15) is 18.0 Å². The average Bonchev–Trinajstić information content (AvgIpc) is 2.50. The Morgan fingerprint density at radius 3 is 2.65 bits per heavy atom. The van der Waals surface area contributed by atoms with Crippen LogP contribution in [0.15, 0.2) is 33.6 Å². The zero-order valence-corrected chi connectivity index (χ0v) is 14.7. The molecule has 1 saturated heterocycles. The predicted molar refractivity (Wildman–Crippen MR) is 88.1 cm³/mol. The highest BCUT2D eigenvalue weighted by Gasteiger charge is 2.23.